The van der Waals surface area contributed by atoms with E-state index in [2.05, 4.69) is 5.32 Å². The number of nitrogens with one attached hydrogen (secondary N) is 1. The SMILES string of the molecule is Cl.NC1(C(=O)NCc2sc3ccccc3c2Cl)CCCC1. The van der Waals surface area contributed by atoms with Gasteiger partial charge in [0.25, 0.3) is 0 Å². The van der Waals surface area contributed by atoms with Gasteiger partial charge in [-0.2, -0.15) is 0 Å². The zero-order valence-electron chi connectivity index (χ0n) is 11.5. The Balaban J connectivity index is 0.00000161. The van der Waals surface area contributed by atoms with Gasteiger partial charge < -0.3 is 11.1 Å². The first-order chi connectivity index (χ1) is 9.60. The molecule has 0 atom stereocenters. The Bertz CT molecular complexity index is 650. The first-order valence-electron chi connectivity index (χ1n) is 6.83. The highest BCUT2D eigenvalue weighted by Gasteiger charge is 2.36. The van der Waals surface area contributed by atoms with Crippen molar-refractivity contribution in [1.29, 1.82) is 0 Å². The highest BCUT2D eigenvalue weighted by atomic mass is 35.5. The maximum atomic E-state index is 12.2. The van der Waals surface area contributed by atoms with Gasteiger partial charge in [-0.15, -0.1) is 23.7 Å². The molecule has 0 radical (unpaired) electrons. The van der Waals surface area contributed by atoms with Gasteiger partial charge in [0.15, 0.2) is 0 Å². The lowest BCUT2D eigenvalue weighted by Gasteiger charge is -2.22. The van der Waals surface area contributed by atoms with Crippen molar-refractivity contribution in [1.82, 2.24) is 5.32 Å². The Morgan fingerprint density at radius 3 is 2.67 bits per heavy atom. The second-order valence-electron chi connectivity index (χ2n) is 5.38. The molecule has 1 aliphatic carbocycles. The van der Waals surface area contributed by atoms with Crippen LogP contribution in [0.15, 0.2) is 24.3 Å². The van der Waals surface area contributed by atoms with E-state index in [9.17, 15) is 4.79 Å². The van der Waals surface area contributed by atoms with Crippen LogP contribution in [0.3, 0.4) is 0 Å². The number of benzene rings is 1. The van der Waals surface area contributed by atoms with Crippen molar-refractivity contribution >= 4 is 51.3 Å². The number of thiophene rings is 1. The minimum Gasteiger partial charge on any atom is -0.350 e. The number of carbonyl (C=O) groups excluding carboxylic acids is 1. The average molecular weight is 345 g/mol. The van der Waals surface area contributed by atoms with Crippen LogP contribution in [0.5, 0.6) is 0 Å². The molecule has 1 heterocycles. The highest BCUT2D eigenvalue weighted by Crippen LogP contribution is 2.35. The lowest BCUT2D eigenvalue weighted by molar-refractivity contribution is -0.126. The molecule has 1 fully saturated rings. The van der Waals surface area contributed by atoms with Gasteiger partial charge in [-0.05, 0) is 18.9 Å². The summed E-state index contributed by atoms with van der Waals surface area (Å²) < 4.78 is 1.14. The average Bonchev–Trinajstić information content (AvgIpc) is 3.03. The standard InChI is InChI=1S/C15H17ClN2OS.ClH/c16-13-10-5-1-2-6-11(10)20-12(13)9-18-14(19)15(17)7-3-4-8-15;/h1-2,5-6H,3-4,7-9,17H2,(H,18,19);1H. The fourth-order valence-electron chi connectivity index (χ4n) is 2.75. The molecule has 3 rings (SSSR count). The van der Waals surface area contributed by atoms with Crippen molar-refractivity contribution in [2.24, 2.45) is 5.73 Å². The van der Waals surface area contributed by atoms with Gasteiger partial charge in [0.05, 0.1) is 17.1 Å². The van der Waals surface area contributed by atoms with Gasteiger partial charge in [-0.1, -0.05) is 42.6 Å². The Hall–Kier alpha value is -0.810. The number of hydrogen-bond acceptors (Lipinski definition) is 3. The third-order valence-corrected chi connectivity index (χ3v) is 5.67. The molecule has 0 unspecified atom stereocenters. The summed E-state index contributed by atoms with van der Waals surface area (Å²) >= 11 is 7.98. The fraction of sp³-hybridized carbons (Fsp3) is 0.400. The molecule has 0 bridgehead atoms. The summed E-state index contributed by atoms with van der Waals surface area (Å²) in [6, 6.07) is 8.00. The summed E-state index contributed by atoms with van der Waals surface area (Å²) in [7, 11) is 0. The third-order valence-electron chi connectivity index (χ3n) is 3.96. The van der Waals surface area contributed by atoms with Crippen LogP contribution in [0.1, 0.15) is 30.6 Å². The van der Waals surface area contributed by atoms with E-state index in [1.54, 1.807) is 11.3 Å². The third kappa shape index (κ3) is 3.19. The minimum absolute atomic E-state index is 0. The van der Waals surface area contributed by atoms with E-state index >= 15 is 0 Å². The van der Waals surface area contributed by atoms with Crippen LogP contribution in [0.2, 0.25) is 5.02 Å². The number of amides is 1. The minimum atomic E-state index is -0.677. The van der Waals surface area contributed by atoms with Crippen molar-refractivity contribution in [3.63, 3.8) is 0 Å². The number of rotatable bonds is 3. The lowest BCUT2D eigenvalue weighted by Crippen LogP contribution is -2.51. The second kappa shape index (κ2) is 6.53. The van der Waals surface area contributed by atoms with Gasteiger partial charge in [-0.25, -0.2) is 0 Å². The molecule has 1 amide bonds. The summed E-state index contributed by atoms with van der Waals surface area (Å²) in [4.78, 5) is 13.2. The number of halogens is 2. The molecular weight excluding hydrogens is 327 g/mol. The fourth-order valence-corrected chi connectivity index (χ4v) is 4.19. The summed E-state index contributed by atoms with van der Waals surface area (Å²) in [5.41, 5.74) is 5.46. The normalized spacial score (nSPS) is 16.7. The Labute approximate surface area is 139 Å². The van der Waals surface area contributed by atoms with Crippen molar-refractivity contribution in [2.45, 2.75) is 37.8 Å². The molecular formula is C15H18Cl2N2OS. The topological polar surface area (TPSA) is 55.1 Å². The molecule has 1 saturated carbocycles. The molecule has 3 N–H and O–H groups in total. The Morgan fingerprint density at radius 1 is 1.33 bits per heavy atom. The quantitative estimate of drug-likeness (QED) is 0.887. The number of nitrogens with two attached hydrogens (primary N) is 1. The van der Waals surface area contributed by atoms with Crippen LogP contribution in [-0.2, 0) is 11.3 Å². The predicted molar refractivity (Wildman–Crippen MR) is 91.3 cm³/mol. The molecule has 0 spiro atoms. The van der Waals surface area contributed by atoms with Gasteiger partial charge in [0, 0.05) is 15.0 Å². The molecule has 1 aliphatic rings. The molecule has 1 aromatic carbocycles. The van der Waals surface area contributed by atoms with Crippen molar-refractivity contribution in [3.05, 3.63) is 34.2 Å². The zero-order chi connectivity index (χ0) is 14.2. The Morgan fingerprint density at radius 2 is 2.00 bits per heavy atom. The van der Waals surface area contributed by atoms with Crippen LogP contribution in [0, 0.1) is 0 Å². The van der Waals surface area contributed by atoms with E-state index in [-0.39, 0.29) is 18.3 Å². The molecule has 2 aromatic rings. The molecule has 114 valence electrons. The largest absolute Gasteiger partial charge is 0.350 e. The zero-order valence-corrected chi connectivity index (χ0v) is 13.9. The van der Waals surface area contributed by atoms with E-state index in [1.807, 2.05) is 24.3 Å². The van der Waals surface area contributed by atoms with Crippen LogP contribution in [-0.4, -0.2) is 11.4 Å². The van der Waals surface area contributed by atoms with Crippen LogP contribution >= 0.6 is 35.3 Å². The summed E-state index contributed by atoms with van der Waals surface area (Å²) in [6.07, 6.45) is 3.62. The van der Waals surface area contributed by atoms with E-state index in [1.165, 1.54) is 0 Å². The highest BCUT2D eigenvalue weighted by molar-refractivity contribution is 7.19. The maximum absolute atomic E-state index is 12.2. The van der Waals surface area contributed by atoms with Gasteiger partial charge in [-0.3, -0.25) is 4.79 Å². The second-order valence-corrected chi connectivity index (χ2v) is 6.90. The molecule has 0 aliphatic heterocycles. The molecule has 6 heteroatoms. The van der Waals surface area contributed by atoms with Crippen molar-refractivity contribution in [2.75, 3.05) is 0 Å². The van der Waals surface area contributed by atoms with Gasteiger partial charge in [0.1, 0.15) is 0 Å². The van der Waals surface area contributed by atoms with Gasteiger partial charge >= 0.3 is 0 Å². The molecule has 1 aromatic heterocycles. The smallest absolute Gasteiger partial charge is 0.240 e. The molecule has 3 nitrogen and oxygen atoms in total. The molecule has 21 heavy (non-hydrogen) atoms. The van der Waals surface area contributed by atoms with E-state index < -0.39 is 5.54 Å². The predicted octanol–water partition coefficient (Wildman–Crippen LogP) is 3.86. The maximum Gasteiger partial charge on any atom is 0.240 e. The van der Waals surface area contributed by atoms with Crippen LogP contribution in [0.25, 0.3) is 10.1 Å². The summed E-state index contributed by atoms with van der Waals surface area (Å²) in [6.45, 7) is 0.454. The first kappa shape index (κ1) is 16.6. The van der Waals surface area contributed by atoms with E-state index in [0.717, 1.165) is 45.7 Å². The molecule has 0 saturated heterocycles. The van der Waals surface area contributed by atoms with Crippen molar-refractivity contribution < 1.29 is 4.79 Å². The van der Waals surface area contributed by atoms with Crippen LogP contribution < -0.4 is 11.1 Å². The Kier molecular flexibility index (Phi) is 5.15. The number of carbonyl (C=O) groups is 1. The number of fused-ring (bicyclic) bond motifs is 1. The van der Waals surface area contributed by atoms with Gasteiger partial charge in [0.2, 0.25) is 5.91 Å². The number of hydrogen-bond donors (Lipinski definition) is 2. The first-order valence-corrected chi connectivity index (χ1v) is 8.03. The van der Waals surface area contributed by atoms with E-state index in [4.69, 9.17) is 17.3 Å². The summed E-state index contributed by atoms with van der Waals surface area (Å²) in [5, 5.41) is 4.73. The monoisotopic (exact) mass is 344 g/mol. The lowest BCUT2D eigenvalue weighted by atomic mass is 9.98. The summed E-state index contributed by atoms with van der Waals surface area (Å²) in [5.74, 6) is -0.0523. The van der Waals surface area contributed by atoms with Crippen LogP contribution in [0.4, 0.5) is 0 Å². The van der Waals surface area contributed by atoms with Crippen molar-refractivity contribution in [3.8, 4) is 0 Å². The van der Waals surface area contributed by atoms with E-state index in [0.29, 0.717) is 6.54 Å².